The molecule has 0 saturated carbocycles. The normalized spacial score (nSPS) is 12.8. The molecule has 0 radical (unpaired) electrons. The third-order valence-electron chi connectivity index (χ3n) is 11.1. The van der Waals surface area contributed by atoms with Gasteiger partial charge in [-0.2, -0.15) is 0 Å². The van der Waals surface area contributed by atoms with Gasteiger partial charge in [0.1, 0.15) is 37.1 Å². The largest absolute Gasteiger partial charge is 0.514 e. The number of nitro groups is 1. The Hall–Kier alpha value is -8.03. The van der Waals surface area contributed by atoms with Gasteiger partial charge in [0.05, 0.1) is 4.92 Å². The number of alkyl carbamates (subject to hydrolysis) is 1. The lowest BCUT2D eigenvalue weighted by molar-refractivity contribution is -0.384. The summed E-state index contributed by atoms with van der Waals surface area (Å²) in [5.41, 5.74) is 15.9. The molecule has 8 N–H and O–H groups in total. The number of urea groups is 1. The number of non-ortho nitro benzene ring substituents is 1. The van der Waals surface area contributed by atoms with Crippen LogP contribution in [0.3, 0.4) is 0 Å². The van der Waals surface area contributed by atoms with Crippen molar-refractivity contribution in [1.82, 2.24) is 21.3 Å². The van der Waals surface area contributed by atoms with Crippen molar-refractivity contribution in [3.8, 4) is 16.9 Å². The first kappa shape index (κ1) is 51.0. The zero-order chi connectivity index (χ0) is 49.3. The molecule has 0 aromatic heterocycles. The third-order valence-corrected chi connectivity index (χ3v) is 11.1. The Kier molecular flexibility index (Phi) is 18.3. The number of rotatable bonds is 23. The maximum Gasteiger partial charge on any atom is 0.514 e. The van der Waals surface area contributed by atoms with Crippen molar-refractivity contribution in [2.75, 3.05) is 24.6 Å². The maximum absolute atomic E-state index is 14.7. The lowest BCUT2D eigenvalue weighted by Gasteiger charge is -2.35. The van der Waals surface area contributed by atoms with Gasteiger partial charge >= 0.3 is 18.3 Å². The third kappa shape index (κ3) is 14.2. The van der Waals surface area contributed by atoms with Gasteiger partial charge in [-0.3, -0.25) is 34.2 Å². The molecule has 0 fully saturated rings. The zero-order valence-corrected chi connectivity index (χ0v) is 37.9. The Morgan fingerprint density at radius 3 is 1.94 bits per heavy atom. The van der Waals surface area contributed by atoms with E-state index in [0.29, 0.717) is 18.4 Å². The van der Waals surface area contributed by atoms with E-state index >= 15 is 0 Å². The average molecular weight is 937 g/mol. The van der Waals surface area contributed by atoms with Gasteiger partial charge < -0.3 is 46.9 Å². The molecule has 360 valence electrons. The fraction of sp³-hybridized carbons (Fsp3) is 0.354. The second-order valence-corrected chi connectivity index (χ2v) is 16.3. The molecule has 4 aromatic carbocycles. The monoisotopic (exact) mass is 936 g/mol. The second-order valence-electron chi connectivity index (χ2n) is 16.3. The van der Waals surface area contributed by atoms with Crippen LogP contribution < -0.4 is 42.4 Å². The van der Waals surface area contributed by atoms with Gasteiger partial charge in [-0.05, 0) is 90.1 Å². The predicted molar refractivity (Wildman–Crippen MR) is 249 cm³/mol. The van der Waals surface area contributed by atoms with Crippen molar-refractivity contribution >= 4 is 53.3 Å². The smallest absolute Gasteiger partial charge is 0.449 e. The molecule has 0 aliphatic heterocycles. The van der Waals surface area contributed by atoms with Crippen molar-refractivity contribution in [3.05, 3.63) is 124 Å². The highest BCUT2D eigenvalue weighted by atomic mass is 16.7. The molecule has 1 aliphatic carbocycles. The number of ether oxygens (including phenoxy) is 3. The summed E-state index contributed by atoms with van der Waals surface area (Å²) in [5.74, 6) is -3.36. The number of nitrogens with zero attached hydrogens (tertiary/aromatic N) is 2. The summed E-state index contributed by atoms with van der Waals surface area (Å²) in [4.78, 5) is 102. The lowest BCUT2D eigenvalue weighted by atomic mass is 9.98. The van der Waals surface area contributed by atoms with E-state index in [0.717, 1.165) is 39.3 Å². The zero-order valence-electron chi connectivity index (χ0n) is 37.9. The van der Waals surface area contributed by atoms with Gasteiger partial charge in [0.2, 0.25) is 17.7 Å². The molecule has 0 saturated heterocycles. The van der Waals surface area contributed by atoms with E-state index in [9.17, 15) is 43.7 Å². The summed E-state index contributed by atoms with van der Waals surface area (Å²) in [7, 11) is 0. The van der Waals surface area contributed by atoms with Crippen molar-refractivity contribution in [1.29, 1.82) is 0 Å². The summed E-state index contributed by atoms with van der Waals surface area (Å²) in [6.45, 7) is 4.81. The van der Waals surface area contributed by atoms with Crippen LogP contribution in [0.15, 0.2) is 97.1 Å². The highest BCUT2D eigenvalue weighted by Crippen LogP contribution is 2.44. The number of amides is 7. The fourth-order valence-corrected chi connectivity index (χ4v) is 7.77. The summed E-state index contributed by atoms with van der Waals surface area (Å²) in [6, 6.07) is 22.5. The van der Waals surface area contributed by atoms with Crippen LogP contribution in [-0.4, -0.2) is 84.7 Å². The minimum atomic E-state index is -1.27. The Labute approximate surface area is 392 Å². The number of unbranched alkanes of at least 4 members (excludes halogenated alkanes) is 1. The van der Waals surface area contributed by atoms with E-state index in [1.165, 1.54) is 43.3 Å². The minimum absolute atomic E-state index is 0.0158. The molecule has 20 heteroatoms. The van der Waals surface area contributed by atoms with Crippen LogP contribution in [0.4, 0.5) is 25.8 Å². The number of hydrogen-bond acceptors (Lipinski definition) is 12. The Morgan fingerprint density at radius 1 is 0.750 bits per heavy atom. The predicted octanol–water partition coefficient (Wildman–Crippen LogP) is 5.30. The van der Waals surface area contributed by atoms with Crippen LogP contribution in [0.25, 0.3) is 11.1 Å². The van der Waals surface area contributed by atoms with Crippen molar-refractivity contribution in [3.63, 3.8) is 0 Å². The SMILES string of the molecule is CC(=O)N[C@@H](CCCCNC(=O)OCC1c2ccccc2-c2ccccc21)C(=O)N[C@H](C(=O)N(c1ccc(COC(=O)Oc2ccc([N+](=O)[O-])cc2)cc1)[C@@H](CCCNC(N)=O)C(N)=O)C(C)C. The van der Waals surface area contributed by atoms with Crippen molar-refractivity contribution < 1.29 is 52.7 Å². The molecule has 1 aliphatic rings. The van der Waals surface area contributed by atoms with Crippen LogP contribution in [-0.2, 0) is 35.3 Å². The van der Waals surface area contributed by atoms with Crippen LogP contribution in [0.1, 0.15) is 75.5 Å². The van der Waals surface area contributed by atoms with Gasteiger partial charge in [-0.1, -0.05) is 74.5 Å². The number of nitrogens with two attached hydrogens (primary N) is 2. The van der Waals surface area contributed by atoms with Crippen LogP contribution in [0.2, 0.25) is 0 Å². The first-order valence-corrected chi connectivity index (χ1v) is 22.0. The quantitative estimate of drug-likeness (QED) is 0.0182. The lowest BCUT2D eigenvalue weighted by Crippen LogP contribution is -2.59. The number of anilines is 1. The number of carbonyl (C=O) groups is 7. The highest BCUT2D eigenvalue weighted by molar-refractivity contribution is 6.04. The standard InChI is InChI=1S/C48H56N8O12/c1-29(2)42(54-44(59)40(53-30(3)57)15-8-9-25-52-47(62)66-28-39-37-13-6-4-11-35(37)36-12-5-7-14-38(36)39)45(60)55(41(43(49)58)16-10-26-51-46(50)61)32-19-17-31(18-20-32)27-67-48(63)68-34-23-21-33(22-24-34)56(64)65/h4-7,11-14,17-24,29,39-42H,8-10,15-16,25-28H2,1-3H3,(H2,49,58)(H,52,62)(H,53,57)(H,54,59)(H3,50,51,61)/t40-,41-,42-/m0/s1. The highest BCUT2D eigenvalue weighted by Gasteiger charge is 2.37. The van der Waals surface area contributed by atoms with Gasteiger partial charge in [-0.25, -0.2) is 14.4 Å². The van der Waals surface area contributed by atoms with Gasteiger partial charge in [0.15, 0.2) is 0 Å². The molecular weight excluding hydrogens is 881 g/mol. The Bertz CT molecular complexity index is 2400. The number of benzene rings is 4. The van der Waals surface area contributed by atoms with Gasteiger partial charge in [-0.15, -0.1) is 0 Å². The Morgan fingerprint density at radius 2 is 1.37 bits per heavy atom. The van der Waals surface area contributed by atoms with E-state index in [-0.39, 0.29) is 68.6 Å². The molecular formula is C48H56N8O12. The molecule has 68 heavy (non-hydrogen) atoms. The molecule has 0 unspecified atom stereocenters. The summed E-state index contributed by atoms with van der Waals surface area (Å²) >= 11 is 0. The maximum atomic E-state index is 14.7. The van der Waals surface area contributed by atoms with Crippen molar-refractivity contribution in [2.45, 2.75) is 83.5 Å². The molecule has 5 rings (SSSR count). The van der Waals surface area contributed by atoms with Gasteiger partial charge in [0.25, 0.3) is 11.6 Å². The topological polar surface area (TPSA) is 294 Å². The van der Waals surface area contributed by atoms with Crippen molar-refractivity contribution in [2.24, 2.45) is 17.4 Å². The molecule has 7 amide bonds. The van der Waals surface area contributed by atoms with Crippen LogP contribution in [0.5, 0.6) is 5.75 Å². The molecule has 3 atom stereocenters. The average Bonchev–Trinajstić information content (AvgIpc) is 3.63. The number of fused-ring (bicyclic) bond motifs is 3. The summed E-state index contributed by atoms with van der Waals surface area (Å²) < 4.78 is 15.9. The molecule has 0 spiro atoms. The number of carbonyl (C=O) groups excluding carboxylic acids is 7. The second kappa shape index (κ2) is 24.5. The number of primary amides is 2. The molecule has 4 aromatic rings. The van der Waals surface area contributed by atoms with E-state index in [1.54, 1.807) is 13.8 Å². The number of nitro benzene ring substituents is 1. The Balaban J connectivity index is 1.21. The van der Waals surface area contributed by atoms with Crippen LogP contribution >= 0.6 is 0 Å². The van der Waals surface area contributed by atoms with E-state index in [2.05, 4.69) is 21.3 Å². The van der Waals surface area contributed by atoms with E-state index in [4.69, 9.17) is 25.7 Å². The summed E-state index contributed by atoms with van der Waals surface area (Å²) in [5, 5.41) is 21.5. The molecule has 0 bridgehead atoms. The molecule has 0 heterocycles. The number of nitrogens with one attached hydrogen (secondary N) is 4. The van der Waals surface area contributed by atoms with Crippen LogP contribution in [0, 0.1) is 16.0 Å². The first-order chi connectivity index (χ1) is 32.5. The number of hydrogen-bond donors (Lipinski definition) is 6. The minimum Gasteiger partial charge on any atom is -0.449 e. The fourth-order valence-electron chi connectivity index (χ4n) is 7.77. The van der Waals surface area contributed by atoms with E-state index < -0.39 is 70.9 Å². The first-order valence-electron chi connectivity index (χ1n) is 22.0. The summed E-state index contributed by atoms with van der Waals surface area (Å²) in [6.07, 6.45) is -0.531. The van der Waals surface area contributed by atoms with E-state index in [1.807, 2.05) is 48.5 Å². The van der Waals surface area contributed by atoms with Gasteiger partial charge in [0, 0.05) is 43.8 Å². The molecule has 20 nitrogen and oxygen atoms in total.